The summed E-state index contributed by atoms with van der Waals surface area (Å²) in [5.74, 6) is 0.472. The van der Waals surface area contributed by atoms with Gasteiger partial charge in [-0.3, -0.25) is 0 Å². The molecule has 0 aliphatic heterocycles. The normalized spacial score (nSPS) is 18.4. The molecule has 1 aliphatic carbocycles. The predicted molar refractivity (Wildman–Crippen MR) is 72.0 cm³/mol. The summed E-state index contributed by atoms with van der Waals surface area (Å²) in [6.45, 7) is 2.20. The first-order valence-electron chi connectivity index (χ1n) is 6.49. The van der Waals surface area contributed by atoms with Gasteiger partial charge in [-0.2, -0.15) is 0 Å². The summed E-state index contributed by atoms with van der Waals surface area (Å²) in [4.78, 5) is 0. The zero-order chi connectivity index (χ0) is 12.5. The third-order valence-corrected chi connectivity index (χ3v) is 3.97. The molecule has 18 heavy (non-hydrogen) atoms. The van der Waals surface area contributed by atoms with E-state index in [9.17, 15) is 0 Å². The van der Waals surface area contributed by atoms with Crippen molar-refractivity contribution in [3.05, 3.63) is 46.8 Å². The molecule has 3 rings (SSSR count). The molecule has 1 atom stereocenters. The Kier molecular flexibility index (Phi) is 2.82. The van der Waals surface area contributed by atoms with Crippen molar-refractivity contribution in [2.75, 3.05) is 12.4 Å². The van der Waals surface area contributed by atoms with Crippen molar-refractivity contribution in [1.82, 2.24) is 5.16 Å². The number of hydrogen-bond donors (Lipinski definition) is 1. The Hall–Kier alpha value is -1.77. The van der Waals surface area contributed by atoms with Crippen LogP contribution < -0.4 is 5.32 Å². The Bertz CT molecular complexity index is 559. The highest BCUT2D eigenvalue weighted by atomic mass is 16.5. The molecule has 0 radical (unpaired) electrons. The molecule has 1 aromatic heterocycles. The second kappa shape index (κ2) is 4.48. The highest BCUT2D eigenvalue weighted by Crippen LogP contribution is 2.36. The number of aromatic nitrogens is 1. The van der Waals surface area contributed by atoms with Crippen LogP contribution in [0, 0.1) is 6.92 Å². The quantitative estimate of drug-likeness (QED) is 0.878. The van der Waals surface area contributed by atoms with Crippen LogP contribution in [0.15, 0.2) is 29.0 Å². The SMILES string of the molecule is CNc1conc1C1CCc2cccc(C)c2C1. The van der Waals surface area contributed by atoms with Crippen molar-refractivity contribution in [2.24, 2.45) is 0 Å². The van der Waals surface area contributed by atoms with Gasteiger partial charge in [0.2, 0.25) is 0 Å². The molecule has 0 fully saturated rings. The van der Waals surface area contributed by atoms with E-state index in [1.54, 1.807) is 6.26 Å². The predicted octanol–water partition coefficient (Wildman–Crippen LogP) is 3.30. The van der Waals surface area contributed by atoms with E-state index in [4.69, 9.17) is 4.52 Å². The maximum atomic E-state index is 5.10. The Morgan fingerprint density at radius 2 is 2.28 bits per heavy atom. The summed E-state index contributed by atoms with van der Waals surface area (Å²) < 4.78 is 5.10. The van der Waals surface area contributed by atoms with Gasteiger partial charge in [0.05, 0.1) is 5.69 Å². The molecule has 94 valence electrons. The van der Waals surface area contributed by atoms with Crippen molar-refractivity contribution < 1.29 is 4.52 Å². The summed E-state index contributed by atoms with van der Waals surface area (Å²) in [5, 5.41) is 7.33. The molecule has 0 bridgehead atoms. The Morgan fingerprint density at radius 1 is 1.39 bits per heavy atom. The van der Waals surface area contributed by atoms with Gasteiger partial charge in [0.25, 0.3) is 0 Å². The molecule has 1 heterocycles. The van der Waals surface area contributed by atoms with Crippen LogP contribution in [0.4, 0.5) is 5.69 Å². The fourth-order valence-electron chi connectivity index (χ4n) is 2.93. The van der Waals surface area contributed by atoms with Crippen LogP contribution in [0.3, 0.4) is 0 Å². The van der Waals surface area contributed by atoms with Gasteiger partial charge < -0.3 is 9.84 Å². The number of aryl methyl sites for hydroxylation is 2. The number of fused-ring (bicyclic) bond motifs is 1. The standard InChI is InChI=1S/C15H18N2O/c1-10-4-3-5-11-6-7-12(8-13(10)11)15-14(16-2)9-18-17-15/h3-5,9,12,16H,6-8H2,1-2H3. The van der Waals surface area contributed by atoms with E-state index in [1.807, 2.05) is 7.05 Å². The van der Waals surface area contributed by atoms with Crippen LogP contribution >= 0.6 is 0 Å². The third kappa shape index (κ3) is 1.80. The second-order valence-corrected chi connectivity index (χ2v) is 5.02. The first-order chi connectivity index (χ1) is 8.79. The molecule has 1 unspecified atom stereocenters. The second-order valence-electron chi connectivity index (χ2n) is 5.02. The maximum absolute atomic E-state index is 5.10. The van der Waals surface area contributed by atoms with Gasteiger partial charge in [-0.15, -0.1) is 0 Å². The fourth-order valence-corrected chi connectivity index (χ4v) is 2.93. The lowest BCUT2D eigenvalue weighted by atomic mass is 9.80. The zero-order valence-electron chi connectivity index (χ0n) is 10.9. The highest BCUT2D eigenvalue weighted by molar-refractivity contribution is 5.48. The monoisotopic (exact) mass is 242 g/mol. The summed E-state index contributed by atoms with van der Waals surface area (Å²) in [6, 6.07) is 6.60. The average Bonchev–Trinajstić information content (AvgIpc) is 2.87. The van der Waals surface area contributed by atoms with Crippen LogP contribution in [0.5, 0.6) is 0 Å². The van der Waals surface area contributed by atoms with E-state index in [0.29, 0.717) is 5.92 Å². The van der Waals surface area contributed by atoms with Gasteiger partial charge in [0, 0.05) is 13.0 Å². The molecule has 0 saturated carbocycles. The lowest BCUT2D eigenvalue weighted by molar-refractivity contribution is 0.399. The molecule has 0 amide bonds. The highest BCUT2D eigenvalue weighted by Gasteiger charge is 2.25. The Morgan fingerprint density at radius 3 is 3.11 bits per heavy atom. The van der Waals surface area contributed by atoms with E-state index in [1.165, 1.54) is 16.7 Å². The fraction of sp³-hybridized carbons (Fsp3) is 0.400. The molecule has 3 nitrogen and oxygen atoms in total. The van der Waals surface area contributed by atoms with E-state index in [0.717, 1.165) is 30.6 Å². The molecule has 3 heteroatoms. The van der Waals surface area contributed by atoms with Crippen molar-refractivity contribution in [1.29, 1.82) is 0 Å². The van der Waals surface area contributed by atoms with E-state index in [-0.39, 0.29) is 0 Å². The topological polar surface area (TPSA) is 38.1 Å². The van der Waals surface area contributed by atoms with Crippen molar-refractivity contribution >= 4 is 5.69 Å². The number of anilines is 1. The number of hydrogen-bond acceptors (Lipinski definition) is 3. The number of benzene rings is 1. The Balaban J connectivity index is 1.93. The smallest absolute Gasteiger partial charge is 0.147 e. The van der Waals surface area contributed by atoms with Crippen molar-refractivity contribution in [3.63, 3.8) is 0 Å². The number of rotatable bonds is 2. The van der Waals surface area contributed by atoms with Crippen LogP contribution in [0.2, 0.25) is 0 Å². The van der Waals surface area contributed by atoms with Gasteiger partial charge in [0.15, 0.2) is 0 Å². The lowest BCUT2D eigenvalue weighted by Gasteiger charge is -2.25. The summed E-state index contributed by atoms with van der Waals surface area (Å²) in [6.07, 6.45) is 5.06. The first-order valence-corrected chi connectivity index (χ1v) is 6.49. The summed E-state index contributed by atoms with van der Waals surface area (Å²) in [5.41, 5.74) is 6.50. The first kappa shape index (κ1) is 11.3. The minimum Gasteiger partial charge on any atom is -0.384 e. The van der Waals surface area contributed by atoms with Gasteiger partial charge >= 0.3 is 0 Å². The van der Waals surface area contributed by atoms with Gasteiger partial charge in [-0.1, -0.05) is 23.4 Å². The van der Waals surface area contributed by atoms with Gasteiger partial charge in [-0.25, -0.2) is 0 Å². The molecule has 0 spiro atoms. The van der Waals surface area contributed by atoms with Crippen molar-refractivity contribution in [3.8, 4) is 0 Å². The van der Waals surface area contributed by atoms with Crippen LogP contribution in [-0.4, -0.2) is 12.2 Å². The Labute approximate surface area is 107 Å². The van der Waals surface area contributed by atoms with Gasteiger partial charge in [0.1, 0.15) is 12.0 Å². The van der Waals surface area contributed by atoms with Crippen molar-refractivity contribution in [2.45, 2.75) is 32.1 Å². The van der Waals surface area contributed by atoms with E-state index >= 15 is 0 Å². The minimum atomic E-state index is 0.472. The largest absolute Gasteiger partial charge is 0.384 e. The number of nitrogens with zero attached hydrogens (tertiary/aromatic N) is 1. The third-order valence-electron chi connectivity index (χ3n) is 3.97. The zero-order valence-corrected chi connectivity index (χ0v) is 10.9. The average molecular weight is 242 g/mol. The van der Waals surface area contributed by atoms with E-state index in [2.05, 4.69) is 35.6 Å². The molecule has 1 N–H and O–H groups in total. The van der Waals surface area contributed by atoms with E-state index < -0.39 is 0 Å². The summed E-state index contributed by atoms with van der Waals surface area (Å²) in [7, 11) is 1.91. The molecule has 1 aromatic carbocycles. The lowest BCUT2D eigenvalue weighted by Crippen LogP contribution is -2.15. The molecular weight excluding hydrogens is 224 g/mol. The van der Waals surface area contributed by atoms with Gasteiger partial charge in [-0.05, 0) is 42.9 Å². The molecule has 0 saturated heterocycles. The van der Waals surface area contributed by atoms with Crippen LogP contribution in [0.25, 0.3) is 0 Å². The summed E-state index contributed by atoms with van der Waals surface area (Å²) >= 11 is 0. The molecular formula is C15H18N2O. The minimum absolute atomic E-state index is 0.472. The maximum Gasteiger partial charge on any atom is 0.147 e. The van der Waals surface area contributed by atoms with Crippen LogP contribution in [-0.2, 0) is 12.8 Å². The molecule has 1 aliphatic rings. The van der Waals surface area contributed by atoms with Crippen LogP contribution in [0.1, 0.15) is 34.7 Å². The molecule has 2 aromatic rings. The number of nitrogens with one attached hydrogen (secondary N) is 1.